The first-order chi connectivity index (χ1) is 11.5. The Morgan fingerprint density at radius 3 is 2.17 bits per heavy atom. The van der Waals surface area contributed by atoms with Gasteiger partial charge in [0.25, 0.3) is 5.91 Å². The van der Waals surface area contributed by atoms with Crippen molar-refractivity contribution >= 4 is 11.6 Å². The minimum Gasteiger partial charge on any atom is -0.378 e. The van der Waals surface area contributed by atoms with Crippen LogP contribution in [0.15, 0.2) is 48.5 Å². The van der Waals surface area contributed by atoms with Crippen molar-refractivity contribution < 1.29 is 9.53 Å². The highest BCUT2D eigenvalue weighted by Crippen LogP contribution is 2.32. The number of rotatable bonds is 5. The van der Waals surface area contributed by atoms with Gasteiger partial charge in [0.05, 0.1) is 5.60 Å². The maximum absolute atomic E-state index is 12.4. The zero-order valence-electron chi connectivity index (χ0n) is 14.5. The second-order valence-electron chi connectivity index (χ2n) is 6.63. The van der Waals surface area contributed by atoms with E-state index in [2.05, 4.69) is 29.6 Å². The van der Waals surface area contributed by atoms with Crippen molar-refractivity contribution in [2.45, 2.75) is 18.4 Å². The van der Waals surface area contributed by atoms with Crippen LogP contribution in [0.5, 0.6) is 0 Å². The maximum Gasteiger partial charge on any atom is 0.251 e. The lowest BCUT2D eigenvalue weighted by Crippen LogP contribution is -2.45. The van der Waals surface area contributed by atoms with Crippen LogP contribution in [0.4, 0.5) is 5.69 Å². The van der Waals surface area contributed by atoms with E-state index in [9.17, 15) is 4.79 Å². The second kappa shape index (κ2) is 6.65. The molecular formula is C20H24N2O2. The first kappa shape index (κ1) is 16.5. The highest BCUT2D eigenvalue weighted by molar-refractivity contribution is 5.94. The summed E-state index contributed by atoms with van der Waals surface area (Å²) >= 11 is 0. The minimum atomic E-state index is -0.344. The Balaban J connectivity index is 1.65. The summed E-state index contributed by atoms with van der Waals surface area (Å²) < 4.78 is 5.80. The van der Waals surface area contributed by atoms with Gasteiger partial charge in [0, 0.05) is 51.8 Å². The van der Waals surface area contributed by atoms with E-state index in [4.69, 9.17) is 4.74 Å². The molecule has 0 bridgehead atoms. The summed E-state index contributed by atoms with van der Waals surface area (Å²) in [5.74, 6) is -0.0623. The molecule has 4 nitrogen and oxygen atoms in total. The molecular weight excluding hydrogens is 300 g/mol. The van der Waals surface area contributed by atoms with E-state index in [1.807, 2.05) is 43.3 Å². The molecule has 1 amide bonds. The summed E-state index contributed by atoms with van der Waals surface area (Å²) in [4.78, 5) is 14.4. The Kier molecular flexibility index (Phi) is 4.58. The van der Waals surface area contributed by atoms with Crippen molar-refractivity contribution in [2.24, 2.45) is 0 Å². The fraction of sp³-hybridized carbons (Fsp3) is 0.350. The number of nitrogens with zero attached hydrogens (tertiary/aromatic N) is 1. The lowest BCUT2D eigenvalue weighted by Gasteiger charge is -2.27. The lowest BCUT2D eigenvalue weighted by molar-refractivity contribution is 0.000177. The fourth-order valence-corrected chi connectivity index (χ4v) is 3.25. The Morgan fingerprint density at radius 1 is 1.08 bits per heavy atom. The molecule has 1 aliphatic rings. The van der Waals surface area contributed by atoms with Crippen molar-refractivity contribution in [3.63, 3.8) is 0 Å². The number of methoxy groups -OCH3 is 1. The number of benzene rings is 2. The smallest absolute Gasteiger partial charge is 0.251 e. The summed E-state index contributed by atoms with van der Waals surface area (Å²) in [6.07, 6.45) is 1.67. The molecule has 2 aromatic rings. The highest BCUT2D eigenvalue weighted by Gasteiger charge is 2.37. The van der Waals surface area contributed by atoms with Gasteiger partial charge in [-0.05, 0) is 35.4 Å². The molecule has 0 radical (unpaired) electrons. The van der Waals surface area contributed by atoms with Gasteiger partial charge in [-0.15, -0.1) is 0 Å². The number of nitrogens with one attached hydrogen (secondary N) is 1. The Hall–Kier alpha value is -2.33. The summed E-state index contributed by atoms with van der Waals surface area (Å²) in [6.45, 7) is 0.506. The third-order valence-electron chi connectivity index (χ3n) is 4.79. The van der Waals surface area contributed by atoms with Gasteiger partial charge in [0.1, 0.15) is 0 Å². The van der Waals surface area contributed by atoms with Crippen molar-refractivity contribution in [3.8, 4) is 0 Å². The molecule has 0 heterocycles. The molecule has 4 heteroatoms. The first-order valence-corrected chi connectivity index (χ1v) is 8.20. The molecule has 2 aromatic carbocycles. The molecule has 24 heavy (non-hydrogen) atoms. The summed E-state index contributed by atoms with van der Waals surface area (Å²) in [5.41, 5.74) is 4.02. The van der Waals surface area contributed by atoms with Gasteiger partial charge < -0.3 is 15.0 Å². The second-order valence-corrected chi connectivity index (χ2v) is 6.63. The van der Waals surface area contributed by atoms with E-state index < -0.39 is 0 Å². The van der Waals surface area contributed by atoms with Gasteiger partial charge in [-0.25, -0.2) is 0 Å². The predicted molar refractivity (Wildman–Crippen MR) is 96.7 cm³/mol. The Bertz CT molecular complexity index is 698. The zero-order valence-corrected chi connectivity index (χ0v) is 14.5. The summed E-state index contributed by atoms with van der Waals surface area (Å²) in [7, 11) is 5.69. The van der Waals surface area contributed by atoms with Gasteiger partial charge >= 0.3 is 0 Å². The topological polar surface area (TPSA) is 41.6 Å². The van der Waals surface area contributed by atoms with Gasteiger partial charge in [0.2, 0.25) is 0 Å². The van der Waals surface area contributed by atoms with Crippen LogP contribution in [0.1, 0.15) is 21.5 Å². The third kappa shape index (κ3) is 3.29. The normalized spacial score (nSPS) is 15.0. The largest absolute Gasteiger partial charge is 0.378 e. The number of ether oxygens (including phenoxy) is 1. The minimum absolute atomic E-state index is 0.0623. The van der Waals surface area contributed by atoms with E-state index >= 15 is 0 Å². The monoisotopic (exact) mass is 324 g/mol. The van der Waals surface area contributed by atoms with Crippen LogP contribution in [0, 0.1) is 0 Å². The molecule has 0 aliphatic heterocycles. The number of hydrogen-bond donors (Lipinski definition) is 1. The number of hydrogen-bond acceptors (Lipinski definition) is 3. The molecule has 0 unspecified atom stereocenters. The van der Waals surface area contributed by atoms with E-state index in [-0.39, 0.29) is 11.5 Å². The summed E-state index contributed by atoms with van der Waals surface area (Å²) in [6, 6.07) is 16.0. The number of amides is 1. The molecule has 0 aromatic heterocycles. The Labute approximate surface area is 143 Å². The average Bonchev–Trinajstić information content (AvgIpc) is 2.99. The molecule has 1 N–H and O–H groups in total. The average molecular weight is 324 g/mol. The molecule has 0 atom stereocenters. The van der Waals surface area contributed by atoms with Gasteiger partial charge in [-0.2, -0.15) is 0 Å². The van der Waals surface area contributed by atoms with E-state index in [0.717, 1.165) is 18.5 Å². The highest BCUT2D eigenvalue weighted by atomic mass is 16.5. The Morgan fingerprint density at radius 2 is 1.67 bits per heavy atom. The van der Waals surface area contributed by atoms with Crippen LogP contribution in [0.2, 0.25) is 0 Å². The standard InChI is InChI=1S/C20H24N2O2/c1-22(2)18-10-8-15(9-11-18)19(23)21-14-20(24-3)12-16-6-4-5-7-17(16)13-20/h4-11H,12-14H2,1-3H3,(H,21,23). The fourth-order valence-electron chi connectivity index (χ4n) is 3.25. The molecule has 0 fully saturated rings. The van der Waals surface area contributed by atoms with Crippen molar-refractivity contribution in [2.75, 3.05) is 32.6 Å². The molecule has 1 aliphatic carbocycles. The SMILES string of the molecule is COC1(CNC(=O)c2ccc(N(C)C)cc2)Cc2ccccc2C1. The third-order valence-corrected chi connectivity index (χ3v) is 4.79. The van der Waals surface area contributed by atoms with E-state index in [1.54, 1.807) is 7.11 Å². The van der Waals surface area contributed by atoms with Crippen LogP contribution in [-0.4, -0.2) is 39.3 Å². The van der Waals surface area contributed by atoms with Crippen LogP contribution in [0.3, 0.4) is 0 Å². The van der Waals surface area contributed by atoms with E-state index in [0.29, 0.717) is 12.1 Å². The maximum atomic E-state index is 12.4. The van der Waals surface area contributed by atoms with Crippen molar-refractivity contribution in [1.82, 2.24) is 5.32 Å². The van der Waals surface area contributed by atoms with Crippen LogP contribution in [0.25, 0.3) is 0 Å². The molecule has 3 rings (SSSR count). The summed E-state index contributed by atoms with van der Waals surface area (Å²) in [5, 5.41) is 3.04. The van der Waals surface area contributed by atoms with E-state index in [1.165, 1.54) is 11.1 Å². The first-order valence-electron chi connectivity index (χ1n) is 8.20. The van der Waals surface area contributed by atoms with Gasteiger partial charge in [-0.1, -0.05) is 24.3 Å². The molecule has 0 saturated heterocycles. The predicted octanol–water partition coefficient (Wildman–Crippen LogP) is 2.67. The van der Waals surface area contributed by atoms with Crippen molar-refractivity contribution in [1.29, 1.82) is 0 Å². The lowest BCUT2D eigenvalue weighted by atomic mass is 10.00. The van der Waals surface area contributed by atoms with Crippen LogP contribution in [-0.2, 0) is 17.6 Å². The van der Waals surface area contributed by atoms with Gasteiger partial charge in [-0.3, -0.25) is 4.79 Å². The number of carbonyl (C=O) groups is 1. The number of fused-ring (bicyclic) bond motifs is 1. The van der Waals surface area contributed by atoms with Gasteiger partial charge in [0.15, 0.2) is 0 Å². The van der Waals surface area contributed by atoms with Crippen molar-refractivity contribution in [3.05, 3.63) is 65.2 Å². The van der Waals surface area contributed by atoms with Crippen LogP contribution < -0.4 is 10.2 Å². The zero-order chi connectivity index (χ0) is 17.2. The molecule has 126 valence electrons. The van der Waals surface area contributed by atoms with Crippen LogP contribution >= 0.6 is 0 Å². The molecule has 0 spiro atoms. The number of carbonyl (C=O) groups excluding carboxylic acids is 1. The quantitative estimate of drug-likeness (QED) is 0.919. The number of anilines is 1. The molecule has 0 saturated carbocycles.